The molecule has 0 spiro atoms. The predicted molar refractivity (Wildman–Crippen MR) is 77.0 cm³/mol. The number of nitrogens with one attached hydrogen (secondary N) is 1. The van der Waals surface area contributed by atoms with Crippen molar-refractivity contribution < 1.29 is 14.3 Å². The molecule has 0 aromatic heterocycles. The lowest BCUT2D eigenvalue weighted by Gasteiger charge is -2.17. The summed E-state index contributed by atoms with van der Waals surface area (Å²) in [6.45, 7) is 3.00. The molecule has 0 radical (unpaired) electrons. The molecular formula is C13H19BrN2O3. The Morgan fingerprint density at radius 2 is 2.26 bits per heavy atom. The number of rotatable bonds is 7. The Labute approximate surface area is 121 Å². The summed E-state index contributed by atoms with van der Waals surface area (Å²) in [5, 5.41) is 2.72. The largest absolute Gasteiger partial charge is 0.481 e. The lowest BCUT2D eigenvalue weighted by atomic mass is 10.2. The minimum Gasteiger partial charge on any atom is -0.481 e. The molecule has 0 aliphatic carbocycles. The number of hydrogen-bond donors (Lipinski definition) is 2. The minimum atomic E-state index is -0.580. The zero-order valence-corrected chi connectivity index (χ0v) is 12.7. The van der Waals surface area contributed by atoms with Crippen molar-refractivity contribution in [2.75, 3.05) is 20.3 Å². The normalized spacial score (nSPS) is 12.0. The number of carbonyl (C=O) groups is 1. The van der Waals surface area contributed by atoms with E-state index in [4.69, 9.17) is 15.2 Å². The lowest BCUT2D eigenvalue weighted by Crippen LogP contribution is -2.38. The molecule has 1 amide bonds. The number of halogens is 1. The molecule has 1 aromatic rings. The van der Waals surface area contributed by atoms with Gasteiger partial charge in [0.1, 0.15) is 5.75 Å². The van der Waals surface area contributed by atoms with E-state index >= 15 is 0 Å². The van der Waals surface area contributed by atoms with Crippen molar-refractivity contribution in [2.24, 2.45) is 5.73 Å². The highest BCUT2D eigenvalue weighted by molar-refractivity contribution is 9.10. The van der Waals surface area contributed by atoms with E-state index in [2.05, 4.69) is 21.2 Å². The van der Waals surface area contributed by atoms with Gasteiger partial charge < -0.3 is 20.5 Å². The van der Waals surface area contributed by atoms with Gasteiger partial charge in [-0.25, -0.2) is 0 Å². The first-order valence-corrected chi connectivity index (χ1v) is 6.79. The summed E-state index contributed by atoms with van der Waals surface area (Å²) in [7, 11) is 1.58. The second-order valence-electron chi connectivity index (χ2n) is 4.00. The van der Waals surface area contributed by atoms with Crippen molar-refractivity contribution in [3.05, 3.63) is 28.2 Å². The van der Waals surface area contributed by atoms with Gasteiger partial charge in [-0.15, -0.1) is 0 Å². The Morgan fingerprint density at radius 1 is 1.53 bits per heavy atom. The molecule has 0 saturated heterocycles. The Kier molecular flexibility index (Phi) is 6.83. The lowest BCUT2D eigenvalue weighted by molar-refractivity contribution is -0.127. The average molecular weight is 331 g/mol. The number of amides is 1. The van der Waals surface area contributed by atoms with Crippen molar-refractivity contribution in [1.29, 1.82) is 0 Å². The first-order valence-electron chi connectivity index (χ1n) is 6.00. The fourth-order valence-corrected chi connectivity index (χ4v) is 1.89. The SMILES string of the molecule is COCCNC(=O)C(C)Oc1ccc(Br)cc1CN. The van der Waals surface area contributed by atoms with Gasteiger partial charge in [-0.3, -0.25) is 4.79 Å². The van der Waals surface area contributed by atoms with Gasteiger partial charge in [0.25, 0.3) is 5.91 Å². The van der Waals surface area contributed by atoms with E-state index in [1.165, 1.54) is 0 Å². The summed E-state index contributed by atoms with van der Waals surface area (Å²) in [4.78, 5) is 11.8. The van der Waals surface area contributed by atoms with Gasteiger partial charge in [0, 0.05) is 30.2 Å². The second kappa shape index (κ2) is 8.14. The summed E-state index contributed by atoms with van der Waals surface area (Å²) < 4.78 is 11.4. The van der Waals surface area contributed by atoms with Gasteiger partial charge in [0.15, 0.2) is 6.10 Å². The molecule has 0 aliphatic rings. The molecule has 1 unspecified atom stereocenters. The maximum atomic E-state index is 11.8. The third-order valence-electron chi connectivity index (χ3n) is 2.52. The first kappa shape index (κ1) is 15.9. The van der Waals surface area contributed by atoms with E-state index in [0.717, 1.165) is 10.0 Å². The van der Waals surface area contributed by atoms with E-state index in [-0.39, 0.29) is 5.91 Å². The van der Waals surface area contributed by atoms with Crippen LogP contribution in [0.3, 0.4) is 0 Å². The van der Waals surface area contributed by atoms with Gasteiger partial charge in [0.2, 0.25) is 0 Å². The zero-order valence-electron chi connectivity index (χ0n) is 11.1. The van der Waals surface area contributed by atoms with Crippen LogP contribution in [0.25, 0.3) is 0 Å². The highest BCUT2D eigenvalue weighted by Gasteiger charge is 2.15. The summed E-state index contributed by atoms with van der Waals surface area (Å²) >= 11 is 3.37. The van der Waals surface area contributed by atoms with E-state index in [0.29, 0.717) is 25.4 Å². The maximum Gasteiger partial charge on any atom is 0.260 e. The number of methoxy groups -OCH3 is 1. The predicted octanol–water partition coefficient (Wildman–Crippen LogP) is 1.44. The maximum absolute atomic E-state index is 11.8. The summed E-state index contributed by atoms with van der Waals surface area (Å²) in [6, 6.07) is 5.53. The van der Waals surface area contributed by atoms with Crippen LogP contribution < -0.4 is 15.8 Å². The van der Waals surface area contributed by atoms with Crippen molar-refractivity contribution >= 4 is 21.8 Å². The standard InChI is InChI=1S/C13H19BrN2O3/c1-9(13(17)16-5-6-18-2)19-12-4-3-11(14)7-10(12)8-15/h3-4,7,9H,5-6,8,15H2,1-2H3,(H,16,17). The summed E-state index contributed by atoms with van der Waals surface area (Å²) in [5.41, 5.74) is 6.50. The van der Waals surface area contributed by atoms with Crippen LogP contribution in [0.5, 0.6) is 5.75 Å². The molecule has 1 rings (SSSR count). The fourth-order valence-electron chi connectivity index (χ4n) is 1.49. The van der Waals surface area contributed by atoms with Crippen LogP contribution in [-0.4, -0.2) is 32.3 Å². The van der Waals surface area contributed by atoms with E-state index < -0.39 is 6.10 Å². The molecule has 0 saturated carbocycles. The molecule has 0 bridgehead atoms. The van der Waals surface area contributed by atoms with Crippen LogP contribution in [0, 0.1) is 0 Å². The Bertz CT molecular complexity index is 426. The Balaban J connectivity index is 2.60. The molecule has 0 fully saturated rings. The highest BCUT2D eigenvalue weighted by Crippen LogP contribution is 2.23. The summed E-state index contributed by atoms with van der Waals surface area (Å²) in [5.74, 6) is 0.447. The van der Waals surface area contributed by atoms with Crippen molar-refractivity contribution in [1.82, 2.24) is 5.32 Å². The first-order chi connectivity index (χ1) is 9.08. The van der Waals surface area contributed by atoms with Crippen molar-refractivity contribution in [3.8, 4) is 5.75 Å². The molecule has 5 nitrogen and oxygen atoms in total. The molecule has 1 atom stereocenters. The van der Waals surface area contributed by atoms with Crippen LogP contribution in [0.2, 0.25) is 0 Å². The van der Waals surface area contributed by atoms with Gasteiger partial charge in [-0.2, -0.15) is 0 Å². The quantitative estimate of drug-likeness (QED) is 0.742. The number of hydrogen-bond acceptors (Lipinski definition) is 4. The van der Waals surface area contributed by atoms with Gasteiger partial charge >= 0.3 is 0 Å². The average Bonchev–Trinajstić information content (AvgIpc) is 2.40. The molecule has 106 valence electrons. The third kappa shape index (κ3) is 5.18. The van der Waals surface area contributed by atoms with Crippen LogP contribution >= 0.6 is 15.9 Å². The third-order valence-corrected chi connectivity index (χ3v) is 3.01. The molecular weight excluding hydrogens is 312 g/mol. The van der Waals surface area contributed by atoms with E-state index in [1.54, 1.807) is 20.1 Å². The van der Waals surface area contributed by atoms with Crippen LogP contribution in [0.4, 0.5) is 0 Å². The number of carbonyl (C=O) groups excluding carboxylic acids is 1. The molecule has 6 heteroatoms. The monoisotopic (exact) mass is 330 g/mol. The second-order valence-corrected chi connectivity index (χ2v) is 4.92. The summed E-state index contributed by atoms with van der Waals surface area (Å²) in [6.07, 6.45) is -0.580. The minimum absolute atomic E-state index is 0.178. The van der Waals surface area contributed by atoms with Gasteiger partial charge in [-0.1, -0.05) is 15.9 Å². The molecule has 3 N–H and O–H groups in total. The van der Waals surface area contributed by atoms with Gasteiger partial charge in [-0.05, 0) is 25.1 Å². The van der Waals surface area contributed by atoms with Crippen LogP contribution in [0.15, 0.2) is 22.7 Å². The Morgan fingerprint density at radius 3 is 2.89 bits per heavy atom. The highest BCUT2D eigenvalue weighted by atomic mass is 79.9. The van der Waals surface area contributed by atoms with E-state index in [9.17, 15) is 4.79 Å². The number of ether oxygens (including phenoxy) is 2. The molecule has 0 aliphatic heterocycles. The van der Waals surface area contributed by atoms with Crippen molar-refractivity contribution in [2.45, 2.75) is 19.6 Å². The zero-order chi connectivity index (χ0) is 14.3. The van der Waals surface area contributed by atoms with E-state index in [1.807, 2.05) is 12.1 Å². The van der Waals surface area contributed by atoms with Crippen LogP contribution in [-0.2, 0) is 16.1 Å². The van der Waals surface area contributed by atoms with Gasteiger partial charge in [0.05, 0.1) is 6.61 Å². The molecule has 1 aromatic carbocycles. The topological polar surface area (TPSA) is 73.6 Å². The number of benzene rings is 1. The fraction of sp³-hybridized carbons (Fsp3) is 0.462. The Hall–Kier alpha value is -1.11. The smallest absolute Gasteiger partial charge is 0.260 e. The molecule has 19 heavy (non-hydrogen) atoms. The van der Waals surface area contributed by atoms with Crippen molar-refractivity contribution in [3.63, 3.8) is 0 Å². The molecule has 0 heterocycles. The van der Waals surface area contributed by atoms with Crippen LogP contribution in [0.1, 0.15) is 12.5 Å². The number of nitrogens with two attached hydrogens (primary N) is 1.